The molecular weight excluding hydrogens is 485 g/mol. The molecule has 0 aliphatic heterocycles. The molecule has 0 aromatic carbocycles. The first-order valence-electron chi connectivity index (χ1n) is 15.7. The van der Waals surface area contributed by atoms with Crippen LogP contribution < -0.4 is 5.32 Å². The van der Waals surface area contributed by atoms with Gasteiger partial charge in [0, 0.05) is 13.0 Å². The van der Waals surface area contributed by atoms with Crippen LogP contribution in [-0.4, -0.2) is 43.8 Å². The maximum Gasteiger partial charge on any atom is 0.330 e. The number of carbonyl (C=O) groups is 1. The van der Waals surface area contributed by atoms with Crippen LogP contribution in [0.25, 0.3) is 0 Å². The molecule has 0 amide bonds. The summed E-state index contributed by atoms with van der Waals surface area (Å²) in [4.78, 5) is 21.8. The molecule has 0 aliphatic rings. The van der Waals surface area contributed by atoms with E-state index in [1.165, 1.54) is 109 Å². The molecule has 0 bridgehead atoms. The fraction of sp³-hybridized carbons (Fsp3) is 0.967. The highest BCUT2D eigenvalue weighted by atomic mass is 31.2. The summed E-state index contributed by atoms with van der Waals surface area (Å²) in [6.07, 6.45) is 27.4. The molecular formula is C30H62NO5P. The molecule has 0 saturated carbocycles. The minimum absolute atomic E-state index is 0.188. The summed E-state index contributed by atoms with van der Waals surface area (Å²) < 4.78 is 16.2. The molecule has 2 N–H and O–H groups in total. The standard InChI is InChI=1S/C30H62NO5P/c1-4-6-7-8-9-10-11-12-13-14-15-16-17-18-19-20-21-22-23-25-29(36-30(32)24-5-2)28-35-37(33)34-27-26-31-3/h29,31,33H,4-28H2,1-3H3. The van der Waals surface area contributed by atoms with E-state index in [0.717, 1.165) is 25.7 Å². The number of ether oxygens (including phenoxy) is 1. The van der Waals surface area contributed by atoms with Crippen LogP contribution in [0, 0.1) is 0 Å². The number of likely N-dealkylation sites (N-methyl/N-ethyl adjacent to an activating group) is 1. The van der Waals surface area contributed by atoms with E-state index in [1.807, 2.05) is 14.0 Å². The number of unbranched alkanes of at least 4 members (excludes halogenated alkanes) is 18. The topological polar surface area (TPSA) is 77.0 Å². The second kappa shape index (κ2) is 30.3. The van der Waals surface area contributed by atoms with E-state index in [9.17, 15) is 9.69 Å². The number of rotatable bonds is 30. The third-order valence-electron chi connectivity index (χ3n) is 6.81. The Morgan fingerprint density at radius 3 is 1.59 bits per heavy atom. The lowest BCUT2D eigenvalue weighted by molar-refractivity contribution is -0.151. The molecule has 0 fully saturated rings. The predicted octanol–water partition coefficient (Wildman–Crippen LogP) is 8.99. The average Bonchev–Trinajstić information content (AvgIpc) is 2.88. The van der Waals surface area contributed by atoms with Gasteiger partial charge in [-0.1, -0.05) is 129 Å². The Kier molecular flexibility index (Phi) is 30.1. The largest absolute Gasteiger partial charge is 0.460 e. The number of nitrogens with one attached hydrogen (secondary N) is 1. The van der Waals surface area contributed by atoms with Crippen molar-refractivity contribution in [3.05, 3.63) is 0 Å². The Hall–Kier alpha value is -0.260. The molecule has 2 unspecified atom stereocenters. The Labute approximate surface area is 231 Å². The van der Waals surface area contributed by atoms with Crippen LogP contribution in [0.1, 0.15) is 155 Å². The third-order valence-corrected chi connectivity index (χ3v) is 7.58. The van der Waals surface area contributed by atoms with Crippen LogP contribution >= 0.6 is 8.60 Å². The fourth-order valence-electron chi connectivity index (χ4n) is 4.49. The normalized spacial score (nSPS) is 13.1. The van der Waals surface area contributed by atoms with Crippen LogP contribution in [0.4, 0.5) is 0 Å². The Bertz CT molecular complexity index is 469. The van der Waals surface area contributed by atoms with Gasteiger partial charge in [0.1, 0.15) is 6.10 Å². The van der Waals surface area contributed by atoms with Crippen molar-refractivity contribution in [3.8, 4) is 0 Å². The fourth-order valence-corrected chi connectivity index (χ4v) is 5.10. The van der Waals surface area contributed by atoms with Gasteiger partial charge in [0.25, 0.3) is 0 Å². The Morgan fingerprint density at radius 1 is 0.703 bits per heavy atom. The zero-order valence-corrected chi connectivity index (χ0v) is 25.7. The molecule has 0 radical (unpaired) electrons. The van der Waals surface area contributed by atoms with E-state index in [0.29, 0.717) is 19.6 Å². The van der Waals surface area contributed by atoms with Crippen molar-refractivity contribution in [1.82, 2.24) is 5.32 Å². The first-order valence-corrected chi connectivity index (χ1v) is 16.9. The number of hydrogen-bond donors (Lipinski definition) is 2. The molecule has 0 rings (SSSR count). The summed E-state index contributed by atoms with van der Waals surface area (Å²) in [7, 11) is -0.104. The van der Waals surface area contributed by atoms with E-state index in [2.05, 4.69) is 12.2 Å². The molecule has 0 aromatic heterocycles. The lowest BCUT2D eigenvalue weighted by Gasteiger charge is -2.19. The first-order chi connectivity index (χ1) is 18.1. The Morgan fingerprint density at radius 2 is 1.16 bits per heavy atom. The summed E-state index contributed by atoms with van der Waals surface area (Å²) in [5.74, 6) is -0.188. The number of esters is 1. The van der Waals surface area contributed by atoms with E-state index in [4.69, 9.17) is 13.8 Å². The summed E-state index contributed by atoms with van der Waals surface area (Å²) in [6.45, 7) is 5.48. The highest BCUT2D eigenvalue weighted by Crippen LogP contribution is 2.33. The van der Waals surface area contributed by atoms with Crippen molar-refractivity contribution in [2.45, 2.75) is 161 Å². The minimum Gasteiger partial charge on any atom is -0.460 e. The van der Waals surface area contributed by atoms with Gasteiger partial charge in [0.15, 0.2) is 0 Å². The second-order valence-electron chi connectivity index (χ2n) is 10.5. The van der Waals surface area contributed by atoms with Crippen molar-refractivity contribution in [2.24, 2.45) is 0 Å². The summed E-state index contributed by atoms with van der Waals surface area (Å²) in [5.41, 5.74) is 0. The zero-order chi connectivity index (χ0) is 27.2. The molecule has 222 valence electrons. The third kappa shape index (κ3) is 28.6. The minimum atomic E-state index is -1.93. The smallest absolute Gasteiger partial charge is 0.330 e. The molecule has 2 atom stereocenters. The Balaban J connectivity index is 3.63. The van der Waals surface area contributed by atoms with Gasteiger partial charge in [0.05, 0.1) is 13.2 Å². The van der Waals surface area contributed by atoms with Crippen molar-refractivity contribution < 1.29 is 23.5 Å². The molecule has 0 aromatic rings. The SMILES string of the molecule is CCCCCCCCCCCCCCCCCCCCCC(COP(O)OCCNC)OC(=O)CCC. The molecule has 0 heterocycles. The van der Waals surface area contributed by atoms with Crippen molar-refractivity contribution in [3.63, 3.8) is 0 Å². The molecule has 0 saturated heterocycles. The van der Waals surface area contributed by atoms with Gasteiger partial charge in [-0.3, -0.25) is 4.79 Å². The summed E-state index contributed by atoms with van der Waals surface area (Å²) in [5, 5.41) is 2.95. The summed E-state index contributed by atoms with van der Waals surface area (Å²) >= 11 is 0. The molecule has 37 heavy (non-hydrogen) atoms. The second-order valence-corrected chi connectivity index (χ2v) is 11.5. The average molecular weight is 548 g/mol. The maximum absolute atomic E-state index is 11.9. The van der Waals surface area contributed by atoms with Crippen LogP contribution in [0.2, 0.25) is 0 Å². The molecule has 7 heteroatoms. The number of carbonyl (C=O) groups excluding carboxylic acids is 1. The zero-order valence-electron chi connectivity index (χ0n) is 24.8. The van der Waals surface area contributed by atoms with E-state index in [-0.39, 0.29) is 18.7 Å². The highest BCUT2D eigenvalue weighted by molar-refractivity contribution is 7.40. The monoisotopic (exact) mass is 547 g/mol. The van der Waals surface area contributed by atoms with Crippen LogP contribution in [0.15, 0.2) is 0 Å². The van der Waals surface area contributed by atoms with Gasteiger partial charge in [-0.05, 0) is 26.3 Å². The van der Waals surface area contributed by atoms with E-state index >= 15 is 0 Å². The first kappa shape index (κ1) is 36.7. The lowest BCUT2D eigenvalue weighted by Crippen LogP contribution is -2.23. The van der Waals surface area contributed by atoms with Gasteiger partial charge >= 0.3 is 14.6 Å². The quantitative estimate of drug-likeness (QED) is 0.0531. The van der Waals surface area contributed by atoms with E-state index in [1.54, 1.807) is 0 Å². The summed E-state index contributed by atoms with van der Waals surface area (Å²) in [6, 6.07) is 0. The molecule has 0 spiro atoms. The van der Waals surface area contributed by atoms with Crippen LogP contribution in [0.3, 0.4) is 0 Å². The van der Waals surface area contributed by atoms with Gasteiger partial charge in [-0.2, -0.15) is 0 Å². The van der Waals surface area contributed by atoms with Gasteiger partial charge in [0.2, 0.25) is 0 Å². The van der Waals surface area contributed by atoms with Crippen LogP contribution in [-0.2, 0) is 18.6 Å². The van der Waals surface area contributed by atoms with E-state index < -0.39 is 8.60 Å². The van der Waals surface area contributed by atoms with Crippen LogP contribution in [0.5, 0.6) is 0 Å². The predicted molar refractivity (Wildman–Crippen MR) is 158 cm³/mol. The number of hydrogen-bond acceptors (Lipinski definition) is 6. The lowest BCUT2D eigenvalue weighted by atomic mass is 10.0. The molecule has 0 aliphatic carbocycles. The highest BCUT2D eigenvalue weighted by Gasteiger charge is 2.17. The molecule has 6 nitrogen and oxygen atoms in total. The maximum atomic E-state index is 11.9. The van der Waals surface area contributed by atoms with Crippen molar-refractivity contribution in [2.75, 3.05) is 26.8 Å². The van der Waals surface area contributed by atoms with Crippen molar-refractivity contribution >= 4 is 14.6 Å². The van der Waals surface area contributed by atoms with Gasteiger partial charge < -0.3 is 24.0 Å². The van der Waals surface area contributed by atoms with Gasteiger partial charge in [-0.25, -0.2) is 0 Å². The van der Waals surface area contributed by atoms with Crippen molar-refractivity contribution in [1.29, 1.82) is 0 Å². The van der Waals surface area contributed by atoms with Gasteiger partial charge in [-0.15, -0.1) is 0 Å².